The second-order valence-electron chi connectivity index (χ2n) is 3.51. The predicted molar refractivity (Wildman–Crippen MR) is 60.8 cm³/mol. The number of nitrogens with zero attached hydrogens (tertiary/aromatic N) is 2. The molecule has 3 N–H and O–H groups in total. The Balaban J connectivity index is 2.71. The Morgan fingerprint density at radius 1 is 1.56 bits per heavy atom. The molecule has 88 valence electrons. The lowest BCUT2D eigenvalue weighted by atomic mass is 10.2. The first-order chi connectivity index (χ1) is 7.69. The van der Waals surface area contributed by atoms with E-state index < -0.39 is 12.0 Å². The van der Waals surface area contributed by atoms with Crippen LogP contribution in [0.25, 0.3) is 0 Å². The van der Waals surface area contributed by atoms with E-state index >= 15 is 0 Å². The van der Waals surface area contributed by atoms with Gasteiger partial charge in [-0.25, -0.2) is 0 Å². The molecule has 5 nitrogen and oxygen atoms in total. The van der Waals surface area contributed by atoms with Crippen LogP contribution in [0.5, 0.6) is 0 Å². The van der Waals surface area contributed by atoms with Gasteiger partial charge in [-0.05, 0) is 24.2 Å². The minimum atomic E-state index is -0.876. The zero-order chi connectivity index (χ0) is 12.0. The molecule has 0 saturated carbocycles. The van der Waals surface area contributed by atoms with Crippen LogP contribution in [-0.4, -0.2) is 40.1 Å². The van der Waals surface area contributed by atoms with E-state index in [0.717, 1.165) is 5.56 Å². The summed E-state index contributed by atoms with van der Waals surface area (Å²) < 4.78 is 0. The molecule has 0 amide bonds. The molecule has 1 aromatic heterocycles. The van der Waals surface area contributed by atoms with Gasteiger partial charge in [-0.3, -0.25) is 14.7 Å². The van der Waals surface area contributed by atoms with E-state index in [0.29, 0.717) is 13.1 Å². The van der Waals surface area contributed by atoms with Crippen LogP contribution in [0.4, 0.5) is 0 Å². The summed E-state index contributed by atoms with van der Waals surface area (Å²) in [4.78, 5) is 16.7. The van der Waals surface area contributed by atoms with Gasteiger partial charge in [-0.1, -0.05) is 6.92 Å². The van der Waals surface area contributed by atoms with Crippen LogP contribution in [0, 0.1) is 0 Å². The second kappa shape index (κ2) is 6.19. The lowest BCUT2D eigenvalue weighted by Crippen LogP contribution is -2.45. The molecule has 0 bridgehead atoms. The van der Waals surface area contributed by atoms with E-state index in [9.17, 15) is 4.79 Å². The van der Waals surface area contributed by atoms with E-state index in [4.69, 9.17) is 10.8 Å². The highest BCUT2D eigenvalue weighted by molar-refractivity contribution is 5.73. The number of aliphatic carboxylic acids is 1. The number of pyridine rings is 1. The maximum Gasteiger partial charge on any atom is 0.322 e. The van der Waals surface area contributed by atoms with Crippen molar-refractivity contribution in [2.24, 2.45) is 5.73 Å². The predicted octanol–water partition coefficient (Wildman–Crippen LogP) is 0.315. The van der Waals surface area contributed by atoms with E-state index in [-0.39, 0.29) is 6.54 Å². The highest BCUT2D eigenvalue weighted by Gasteiger charge is 2.22. The van der Waals surface area contributed by atoms with Gasteiger partial charge in [0.1, 0.15) is 6.04 Å². The van der Waals surface area contributed by atoms with Crippen LogP contribution in [-0.2, 0) is 11.3 Å². The van der Waals surface area contributed by atoms with Gasteiger partial charge >= 0.3 is 5.97 Å². The fourth-order valence-electron chi connectivity index (χ4n) is 1.57. The van der Waals surface area contributed by atoms with Crippen LogP contribution < -0.4 is 5.73 Å². The van der Waals surface area contributed by atoms with Crippen molar-refractivity contribution >= 4 is 5.97 Å². The lowest BCUT2D eigenvalue weighted by molar-refractivity contribution is -0.143. The van der Waals surface area contributed by atoms with Gasteiger partial charge < -0.3 is 10.8 Å². The molecule has 0 radical (unpaired) electrons. The molecule has 1 atom stereocenters. The van der Waals surface area contributed by atoms with Gasteiger partial charge in [0.2, 0.25) is 0 Å². The zero-order valence-corrected chi connectivity index (χ0v) is 9.34. The number of carboxylic acid groups (broad SMARTS) is 1. The summed E-state index contributed by atoms with van der Waals surface area (Å²) in [6.07, 6.45) is 3.39. The molecule has 5 heteroatoms. The van der Waals surface area contributed by atoms with E-state index in [2.05, 4.69) is 4.98 Å². The van der Waals surface area contributed by atoms with Gasteiger partial charge in [0.05, 0.1) is 0 Å². The van der Waals surface area contributed by atoms with Crippen LogP contribution in [0.3, 0.4) is 0 Å². The maximum absolute atomic E-state index is 11.0. The first kappa shape index (κ1) is 12.6. The smallest absolute Gasteiger partial charge is 0.322 e. The summed E-state index contributed by atoms with van der Waals surface area (Å²) in [5.74, 6) is -0.876. The molecule has 0 aliphatic carbocycles. The third-order valence-electron chi connectivity index (χ3n) is 2.49. The number of carboxylic acids is 1. The number of carbonyl (C=O) groups is 1. The Morgan fingerprint density at radius 2 is 2.19 bits per heavy atom. The number of likely N-dealkylation sites (N-methyl/N-ethyl adjacent to an activating group) is 1. The zero-order valence-electron chi connectivity index (χ0n) is 9.34. The molecule has 0 aliphatic rings. The van der Waals surface area contributed by atoms with Gasteiger partial charge in [0, 0.05) is 25.5 Å². The first-order valence-corrected chi connectivity index (χ1v) is 5.24. The van der Waals surface area contributed by atoms with Crippen LogP contribution in [0.1, 0.15) is 12.5 Å². The normalized spacial score (nSPS) is 12.7. The third-order valence-corrected chi connectivity index (χ3v) is 2.49. The summed E-state index contributed by atoms with van der Waals surface area (Å²) in [5.41, 5.74) is 6.51. The SMILES string of the molecule is CCN(Cc1ccncc1)C(CN)C(=O)O. The fourth-order valence-corrected chi connectivity index (χ4v) is 1.57. The summed E-state index contributed by atoms with van der Waals surface area (Å²) in [5, 5.41) is 9.02. The van der Waals surface area contributed by atoms with Gasteiger partial charge in [0.25, 0.3) is 0 Å². The Morgan fingerprint density at radius 3 is 2.62 bits per heavy atom. The fraction of sp³-hybridized carbons (Fsp3) is 0.455. The largest absolute Gasteiger partial charge is 0.480 e. The topological polar surface area (TPSA) is 79.5 Å². The molecular weight excluding hydrogens is 206 g/mol. The molecule has 1 rings (SSSR count). The lowest BCUT2D eigenvalue weighted by Gasteiger charge is -2.26. The third kappa shape index (κ3) is 3.29. The van der Waals surface area contributed by atoms with Crippen molar-refractivity contribution < 1.29 is 9.90 Å². The van der Waals surface area contributed by atoms with Crippen LogP contribution in [0.15, 0.2) is 24.5 Å². The average Bonchev–Trinajstić information content (AvgIpc) is 2.29. The number of nitrogens with two attached hydrogens (primary N) is 1. The first-order valence-electron chi connectivity index (χ1n) is 5.24. The number of hydrogen-bond acceptors (Lipinski definition) is 4. The number of hydrogen-bond donors (Lipinski definition) is 2. The van der Waals surface area contributed by atoms with Crippen molar-refractivity contribution in [1.29, 1.82) is 0 Å². The van der Waals surface area contributed by atoms with E-state index in [1.54, 1.807) is 12.4 Å². The van der Waals surface area contributed by atoms with Crippen molar-refractivity contribution in [3.8, 4) is 0 Å². The highest BCUT2D eigenvalue weighted by atomic mass is 16.4. The van der Waals surface area contributed by atoms with E-state index in [1.807, 2.05) is 24.0 Å². The van der Waals surface area contributed by atoms with Crippen molar-refractivity contribution in [2.45, 2.75) is 19.5 Å². The molecule has 0 spiro atoms. The van der Waals surface area contributed by atoms with E-state index in [1.165, 1.54) is 0 Å². The quantitative estimate of drug-likeness (QED) is 0.726. The Hall–Kier alpha value is -1.46. The summed E-state index contributed by atoms with van der Waals surface area (Å²) >= 11 is 0. The molecule has 1 unspecified atom stereocenters. The number of rotatable bonds is 6. The molecule has 0 fully saturated rings. The minimum absolute atomic E-state index is 0.119. The van der Waals surface area contributed by atoms with Gasteiger partial charge in [-0.2, -0.15) is 0 Å². The van der Waals surface area contributed by atoms with Crippen LogP contribution >= 0.6 is 0 Å². The second-order valence-corrected chi connectivity index (χ2v) is 3.51. The minimum Gasteiger partial charge on any atom is -0.480 e. The maximum atomic E-state index is 11.0. The molecule has 1 heterocycles. The Labute approximate surface area is 94.9 Å². The van der Waals surface area contributed by atoms with Crippen molar-refractivity contribution in [1.82, 2.24) is 9.88 Å². The molecule has 0 aliphatic heterocycles. The van der Waals surface area contributed by atoms with Gasteiger partial charge in [-0.15, -0.1) is 0 Å². The summed E-state index contributed by atoms with van der Waals surface area (Å²) in [6.45, 7) is 3.27. The average molecular weight is 223 g/mol. The van der Waals surface area contributed by atoms with Gasteiger partial charge in [0.15, 0.2) is 0 Å². The highest BCUT2D eigenvalue weighted by Crippen LogP contribution is 2.07. The molecule has 1 aromatic rings. The Kier molecular flexibility index (Phi) is 4.88. The molecule has 16 heavy (non-hydrogen) atoms. The molecule has 0 aromatic carbocycles. The van der Waals surface area contributed by atoms with Crippen molar-refractivity contribution in [2.75, 3.05) is 13.1 Å². The van der Waals surface area contributed by atoms with Crippen molar-refractivity contribution in [3.63, 3.8) is 0 Å². The Bertz CT molecular complexity index is 329. The molecular formula is C11H17N3O2. The van der Waals surface area contributed by atoms with Crippen molar-refractivity contribution in [3.05, 3.63) is 30.1 Å². The summed E-state index contributed by atoms with van der Waals surface area (Å²) in [6, 6.07) is 3.12. The molecule has 0 saturated heterocycles. The van der Waals surface area contributed by atoms with Crippen LogP contribution in [0.2, 0.25) is 0 Å². The summed E-state index contributed by atoms with van der Waals surface area (Å²) in [7, 11) is 0. The monoisotopic (exact) mass is 223 g/mol. The number of aromatic nitrogens is 1. The standard InChI is InChI=1S/C11H17N3O2/c1-2-14(10(7-12)11(15)16)8-9-3-5-13-6-4-9/h3-6,10H,2,7-8,12H2,1H3,(H,15,16).